The third kappa shape index (κ3) is 4.33. The lowest BCUT2D eigenvalue weighted by Gasteiger charge is -2.20. The topological polar surface area (TPSA) is 75.2 Å². The Bertz CT molecular complexity index is 508. The van der Waals surface area contributed by atoms with E-state index in [0.29, 0.717) is 6.42 Å². The lowest BCUT2D eigenvalue weighted by Crippen LogP contribution is -2.25. The molecule has 0 spiro atoms. The first-order valence-electron chi connectivity index (χ1n) is 7.20. The van der Waals surface area contributed by atoms with Gasteiger partial charge in [0, 0.05) is 13.1 Å². The summed E-state index contributed by atoms with van der Waals surface area (Å²) in [6.07, 6.45) is 5.45. The van der Waals surface area contributed by atoms with E-state index in [1.165, 1.54) is 25.7 Å². The first-order valence-corrected chi connectivity index (χ1v) is 8.85. The third-order valence-electron chi connectivity index (χ3n) is 3.31. The van der Waals surface area contributed by atoms with Crippen LogP contribution in [-0.4, -0.2) is 37.5 Å². The van der Waals surface area contributed by atoms with Gasteiger partial charge >= 0.3 is 0 Å². The van der Waals surface area contributed by atoms with Crippen molar-refractivity contribution in [3.63, 3.8) is 0 Å². The maximum Gasteiger partial charge on any atom is 0.233 e. The third-order valence-corrected chi connectivity index (χ3v) is 4.78. The maximum absolute atomic E-state index is 11.6. The molecule has 0 aromatic carbocycles. The number of rotatable bonds is 5. The summed E-state index contributed by atoms with van der Waals surface area (Å²) in [5.74, 6) is 1.21. The van der Waals surface area contributed by atoms with Crippen molar-refractivity contribution in [3.8, 4) is 0 Å². The minimum atomic E-state index is -3.29. The van der Waals surface area contributed by atoms with Crippen molar-refractivity contribution in [2.24, 2.45) is 0 Å². The molecule has 7 heteroatoms. The Balaban J connectivity index is 2.02. The van der Waals surface area contributed by atoms with Crippen molar-refractivity contribution in [2.45, 2.75) is 39.0 Å². The molecule has 1 N–H and O–H groups in total. The fraction of sp³-hybridized carbons (Fsp3) is 0.692. The summed E-state index contributed by atoms with van der Waals surface area (Å²) < 4.78 is 25.7. The summed E-state index contributed by atoms with van der Waals surface area (Å²) in [7, 11) is -3.29. The second-order valence-electron chi connectivity index (χ2n) is 5.10. The van der Waals surface area contributed by atoms with E-state index in [9.17, 15) is 8.42 Å². The number of nitrogens with zero attached hydrogens (tertiary/aromatic N) is 3. The molecule has 0 atom stereocenters. The van der Waals surface area contributed by atoms with Gasteiger partial charge in [-0.1, -0.05) is 19.8 Å². The Morgan fingerprint density at radius 2 is 1.85 bits per heavy atom. The molecule has 2 heterocycles. The fourth-order valence-electron chi connectivity index (χ4n) is 2.33. The number of anilines is 2. The van der Waals surface area contributed by atoms with Gasteiger partial charge in [0.1, 0.15) is 0 Å². The van der Waals surface area contributed by atoms with Crippen molar-refractivity contribution < 1.29 is 8.42 Å². The molecule has 6 nitrogen and oxygen atoms in total. The van der Waals surface area contributed by atoms with Crippen LogP contribution in [0.4, 0.5) is 11.6 Å². The minimum absolute atomic E-state index is 0.0998. The molecule has 0 bridgehead atoms. The molecule has 1 aromatic rings. The molecule has 1 aliphatic rings. The van der Waals surface area contributed by atoms with Crippen LogP contribution in [0.5, 0.6) is 0 Å². The monoisotopic (exact) mass is 298 g/mol. The average molecular weight is 298 g/mol. The Morgan fingerprint density at radius 1 is 1.15 bits per heavy atom. The highest BCUT2D eigenvalue weighted by Crippen LogP contribution is 2.17. The highest BCUT2D eigenvalue weighted by atomic mass is 32.2. The summed E-state index contributed by atoms with van der Waals surface area (Å²) in [6.45, 7) is 3.82. The van der Waals surface area contributed by atoms with Gasteiger partial charge in [-0.05, 0) is 31.4 Å². The molecule has 2 rings (SSSR count). The Morgan fingerprint density at radius 3 is 2.40 bits per heavy atom. The molecule has 1 saturated heterocycles. The van der Waals surface area contributed by atoms with Gasteiger partial charge in [0.05, 0.1) is 5.75 Å². The zero-order chi connectivity index (χ0) is 14.4. The fourth-order valence-corrected chi connectivity index (χ4v) is 3.39. The Kier molecular flexibility index (Phi) is 5.17. The highest BCUT2D eigenvalue weighted by molar-refractivity contribution is 7.92. The van der Waals surface area contributed by atoms with E-state index in [2.05, 4.69) is 19.8 Å². The van der Waals surface area contributed by atoms with Crippen molar-refractivity contribution in [1.82, 2.24) is 10.2 Å². The molecule has 0 amide bonds. The molecule has 0 aliphatic carbocycles. The molecular formula is C13H22N4O2S. The van der Waals surface area contributed by atoms with E-state index in [-0.39, 0.29) is 11.6 Å². The largest absolute Gasteiger partial charge is 0.355 e. The predicted octanol–water partition coefficient (Wildman–Crippen LogP) is 2.01. The lowest BCUT2D eigenvalue weighted by atomic mass is 10.2. The van der Waals surface area contributed by atoms with E-state index in [4.69, 9.17) is 0 Å². The van der Waals surface area contributed by atoms with Crippen molar-refractivity contribution in [2.75, 3.05) is 28.5 Å². The van der Waals surface area contributed by atoms with E-state index in [1.54, 1.807) is 6.07 Å². The Hall–Kier alpha value is -1.37. The van der Waals surface area contributed by atoms with Gasteiger partial charge in [-0.15, -0.1) is 10.2 Å². The molecule has 0 saturated carbocycles. The molecule has 1 aromatic heterocycles. The zero-order valence-corrected chi connectivity index (χ0v) is 12.7. The Labute approximate surface area is 120 Å². The van der Waals surface area contributed by atoms with Gasteiger partial charge in [0.15, 0.2) is 11.6 Å². The van der Waals surface area contributed by atoms with E-state index in [0.717, 1.165) is 18.9 Å². The highest BCUT2D eigenvalue weighted by Gasteiger charge is 2.13. The first-order chi connectivity index (χ1) is 9.61. The molecule has 1 aliphatic heterocycles. The molecule has 20 heavy (non-hydrogen) atoms. The normalized spacial score (nSPS) is 16.8. The number of hydrogen-bond donors (Lipinski definition) is 1. The van der Waals surface area contributed by atoms with Crippen molar-refractivity contribution >= 4 is 21.7 Å². The van der Waals surface area contributed by atoms with Gasteiger partial charge in [0.25, 0.3) is 0 Å². The number of aromatic nitrogens is 2. The first kappa shape index (κ1) is 15.0. The number of nitrogens with one attached hydrogen (secondary N) is 1. The molecule has 1 fully saturated rings. The van der Waals surface area contributed by atoms with E-state index >= 15 is 0 Å². The summed E-state index contributed by atoms with van der Waals surface area (Å²) in [6, 6.07) is 3.52. The van der Waals surface area contributed by atoms with Gasteiger partial charge in [-0.25, -0.2) is 8.42 Å². The van der Waals surface area contributed by atoms with Crippen LogP contribution in [0.3, 0.4) is 0 Å². The van der Waals surface area contributed by atoms with Crippen LogP contribution in [0, 0.1) is 0 Å². The second kappa shape index (κ2) is 6.88. The molecular weight excluding hydrogens is 276 g/mol. The van der Waals surface area contributed by atoms with Crippen LogP contribution < -0.4 is 9.62 Å². The number of hydrogen-bond acceptors (Lipinski definition) is 5. The van der Waals surface area contributed by atoms with Crippen LogP contribution in [0.2, 0.25) is 0 Å². The molecule has 112 valence electrons. The van der Waals surface area contributed by atoms with Crippen LogP contribution >= 0.6 is 0 Å². The molecule has 0 unspecified atom stereocenters. The van der Waals surface area contributed by atoms with Gasteiger partial charge in [0.2, 0.25) is 10.0 Å². The van der Waals surface area contributed by atoms with E-state index < -0.39 is 10.0 Å². The van der Waals surface area contributed by atoms with Crippen LogP contribution in [-0.2, 0) is 10.0 Å². The van der Waals surface area contributed by atoms with Gasteiger partial charge < -0.3 is 4.90 Å². The van der Waals surface area contributed by atoms with Crippen LogP contribution in [0.1, 0.15) is 39.0 Å². The van der Waals surface area contributed by atoms with Crippen molar-refractivity contribution in [1.29, 1.82) is 0 Å². The summed E-state index contributed by atoms with van der Waals surface area (Å²) in [5.41, 5.74) is 0. The van der Waals surface area contributed by atoms with Gasteiger partial charge in [-0.3, -0.25) is 4.72 Å². The summed E-state index contributed by atoms with van der Waals surface area (Å²) in [4.78, 5) is 2.21. The quantitative estimate of drug-likeness (QED) is 0.900. The molecule has 0 radical (unpaired) electrons. The predicted molar refractivity (Wildman–Crippen MR) is 80.4 cm³/mol. The maximum atomic E-state index is 11.6. The second-order valence-corrected chi connectivity index (χ2v) is 6.94. The average Bonchev–Trinajstić information content (AvgIpc) is 2.68. The zero-order valence-electron chi connectivity index (χ0n) is 11.9. The van der Waals surface area contributed by atoms with Gasteiger partial charge in [-0.2, -0.15) is 0 Å². The smallest absolute Gasteiger partial charge is 0.233 e. The van der Waals surface area contributed by atoms with Crippen LogP contribution in [0.25, 0.3) is 0 Å². The van der Waals surface area contributed by atoms with Crippen LogP contribution in [0.15, 0.2) is 12.1 Å². The van der Waals surface area contributed by atoms with Crippen molar-refractivity contribution in [3.05, 3.63) is 12.1 Å². The SMILES string of the molecule is CCCS(=O)(=O)Nc1ccc(N2CCCCCC2)nn1. The van der Waals surface area contributed by atoms with E-state index in [1.807, 2.05) is 13.0 Å². The minimum Gasteiger partial charge on any atom is -0.355 e. The summed E-state index contributed by atoms with van der Waals surface area (Å²) >= 11 is 0. The standard InChI is InChI=1S/C13H22N4O2S/c1-2-11-20(18,19)16-12-7-8-13(15-14-12)17-9-5-3-4-6-10-17/h7-8H,2-6,9-11H2,1H3,(H,14,16). The lowest BCUT2D eigenvalue weighted by molar-refractivity contribution is 0.599. The number of sulfonamides is 1. The summed E-state index contributed by atoms with van der Waals surface area (Å²) in [5, 5.41) is 8.11.